The van der Waals surface area contributed by atoms with Gasteiger partial charge in [0.1, 0.15) is 0 Å². The molecular weight excluding hydrogens is 308 g/mol. The fraction of sp³-hybridized carbons (Fsp3) is 0.400. The van der Waals surface area contributed by atoms with E-state index in [1.54, 1.807) is 19.9 Å². The van der Waals surface area contributed by atoms with Crippen molar-refractivity contribution in [3.8, 4) is 0 Å². The molecule has 0 aliphatic rings. The molecule has 2 amide bonds. The van der Waals surface area contributed by atoms with Crippen LogP contribution in [0.5, 0.6) is 0 Å². The molecule has 0 radical (unpaired) electrons. The lowest BCUT2D eigenvalue weighted by atomic mass is 10.1. The van der Waals surface area contributed by atoms with Crippen molar-refractivity contribution in [1.82, 2.24) is 4.90 Å². The van der Waals surface area contributed by atoms with E-state index in [-0.39, 0.29) is 41.4 Å². The number of hydrogen-bond donors (Lipinski definition) is 2. The van der Waals surface area contributed by atoms with Crippen LogP contribution in [0, 0.1) is 0 Å². The average Bonchev–Trinajstić information content (AvgIpc) is 2.39. The second-order valence-electron chi connectivity index (χ2n) is 5.11. The van der Waals surface area contributed by atoms with Crippen LogP contribution in [0.15, 0.2) is 18.2 Å². The van der Waals surface area contributed by atoms with E-state index in [1.807, 2.05) is 0 Å². The van der Waals surface area contributed by atoms with Gasteiger partial charge in [0, 0.05) is 25.2 Å². The zero-order valence-corrected chi connectivity index (χ0v) is 13.5. The van der Waals surface area contributed by atoms with Crippen molar-refractivity contribution in [2.45, 2.75) is 33.2 Å². The average molecular weight is 327 g/mol. The summed E-state index contributed by atoms with van der Waals surface area (Å²) in [5.74, 6) is -1.60. The van der Waals surface area contributed by atoms with Crippen molar-refractivity contribution < 1.29 is 19.5 Å². The van der Waals surface area contributed by atoms with E-state index in [0.717, 1.165) is 0 Å². The molecular formula is C15H19ClN2O4. The maximum Gasteiger partial charge on any atom is 0.305 e. The molecule has 0 atom stereocenters. The topological polar surface area (TPSA) is 86.7 Å². The van der Waals surface area contributed by atoms with Crippen LogP contribution in [0.25, 0.3) is 0 Å². The number of carbonyl (C=O) groups excluding carboxylic acids is 2. The van der Waals surface area contributed by atoms with Gasteiger partial charge >= 0.3 is 5.97 Å². The van der Waals surface area contributed by atoms with Crippen LogP contribution in [0.4, 0.5) is 5.69 Å². The third-order valence-corrected chi connectivity index (χ3v) is 3.30. The van der Waals surface area contributed by atoms with E-state index >= 15 is 0 Å². The molecule has 0 spiro atoms. The Balaban J connectivity index is 3.06. The summed E-state index contributed by atoms with van der Waals surface area (Å²) < 4.78 is 0. The van der Waals surface area contributed by atoms with Gasteiger partial charge in [0.25, 0.3) is 5.91 Å². The number of nitrogens with one attached hydrogen (secondary N) is 1. The molecule has 6 nitrogen and oxygen atoms in total. The lowest BCUT2D eigenvalue weighted by Crippen LogP contribution is -2.38. The van der Waals surface area contributed by atoms with Crippen molar-refractivity contribution in [3.05, 3.63) is 28.8 Å². The summed E-state index contributed by atoms with van der Waals surface area (Å²) in [4.78, 5) is 35.8. The molecule has 0 unspecified atom stereocenters. The fourth-order valence-corrected chi connectivity index (χ4v) is 2.13. The van der Waals surface area contributed by atoms with Gasteiger partial charge in [0.15, 0.2) is 0 Å². The van der Waals surface area contributed by atoms with Crippen LogP contribution in [0.1, 0.15) is 37.6 Å². The van der Waals surface area contributed by atoms with Gasteiger partial charge in [-0.05, 0) is 32.0 Å². The zero-order chi connectivity index (χ0) is 16.9. The third kappa shape index (κ3) is 5.04. The summed E-state index contributed by atoms with van der Waals surface area (Å²) in [5, 5.41) is 11.6. The molecule has 0 fully saturated rings. The predicted molar refractivity (Wildman–Crippen MR) is 84.2 cm³/mol. The first-order chi connectivity index (χ1) is 10.2. The second kappa shape index (κ2) is 7.79. The highest BCUT2D eigenvalue weighted by atomic mass is 35.5. The molecule has 0 saturated heterocycles. The molecule has 2 N–H and O–H groups in total. The maximum absolute atomic E-state index is 12.6. The first kappa shape index (κ1) is 18.0. The first-order valence-electron chi connectivity index (χ1n) is 6.82. The Bertz CT molecular complexity index is 587. The molecule has 0 heterocycles. The quantitative estimate of drug-likeness (QED) is 0.841. The smallest absolute Gasteiger partial charge is 0.305 e. The van der Waals surface area contributed by atoms with E-state index in [2.05, 4.69) is 5.32 Å². The Morgan fingerprint density at radius 3 is 2.45 bits per heavy atom. The number of rotatable bonds is 6. The van der Waals surface area contributed by atoms with Crippen LogP contribution >= 0.6 is 11.6 Å². The van der Waals surface area contributed by atoms with Gasteiger partial charge in [-0.25, -0.2) is 0 Å². The van der Waals surface area contributed by atoms with Crippen molar-refractivity contribution in [3.63, 3.8) is 0 Å². The lowest BCUT2D eigenvalue weighted by Gasteiger charge is -2.26. The molecule has 120 valence electrons. The number of anilines is 1. The Hall–Kier alpha value is -2.08. The van der Waals surface area contributed by atoms with Gasteiger partial charge < -0.3 is 15.3 Å². The van der Waals surface area contributed by atoms with Crippen LogP contribution in [0.3, 0.4) is 0 Å². The molecule has 0 aliphatic heterocycles. The van der Waals surface area contributed by atoms with E-state index in [9.17, 15) is 14.4 Å². The Kier molecular flexibility index (Phi) is 6.37. The van der Waals surface area contributed by atoms with Crippen molar-refractivity contribution in [2.75, 3.05) is 11.9 Å². The molecule has 1 aromatic carbocycles. The highest BCUT2D eigenvalue weighted by molar-refractivity contribution is 6.34. The van der Waals surface area contributed by atoms with Gasteiger partial charge in [-0.2, -0.15) is 0 Å². The number of hydrogen-bond acceptors (Lipinski definition) is 3. The minimum absolute atomic E-state index is 0.0898. The van der Waals surface area contributed by atoms with Gasteiger partial charge in [0.05, 0.1) is 17.0 Å². The fourth-order valence-electron chi connectivity index (χ4n) is 1.94. The second-order valence-corrected chi connectivity index (χ2v) is 5.52. The largest absolute Gasteiger partial charge is 0.481 e. The molecule has 0 aromatic heterocycles. The Morgan fingerprint density at radius 2 is 1.95 bits per heavy atom. The summed E-state index contributed by atoms with van der Waals surface area (Å²) in [6, 6.07) is 4.43. The monoisotopic (exact) mass is 326 g/mol. The molecule has 0 aliphatic carbocycles. The standard InChI is InChI=1S/C15H19ClN2O4/c1-9(2)18(7-6-14(20)21)15(22)12-8-11(17-10(3)19)4-5-13(12)16/h4-5,8-9H,6-7H2,1-3H3,(H,17,19)(H,20,21). The van der Waals surface area contributed by atoms with Crippen LogP contribution in [-0.2, 0) is 9.59 Å². The van der Waals surface area contributed by atoms with Crippen LogP contribution in [-0.4, -0.2) is 40.4 Å². The summed E-state index contributed by atoms with van der Waals surface area (Å²) >= 11 is 6.06. The highest BCUT2D eigenvalue weighted by Gasteiger charge is 2.22. The van der Waals surface area contributed by atoms with Gasteiger partial charge in [-0.3, -0.25) is 14.4 Å². The molecule has 0 saturated carbocycles. The number of amides is 2. The zero-order valence-electron chi connectivity index (χ0n) is 12.7. The van der Waals surface area contributed by atoms with Gasteiger partial charge in [-0.1, -0.05) is 11.6 Å². The Morgan fingerprint density at radius 1 is 1.32 bits per heavy atom. The third-order valence-electron chi connectivity index (χ3n) is 2.97. The SMILES string of the molecule is CC(=O)Nc1ccc(Cl)c(C(=O)N(CCC(=O)O)C(C)C)c1. The van der Waals surface area contributed by atoms with E-state index in [1.165, 1.54) is 24.0 Å². The Labute approximate surface area is 134 Å². The lowest BCUT2D eigenvalue weighted by molar-refractivity contribution is -0.137. The number of carboxylic acid groups (broad SMARTS) is 1. The van der Waals surface area contributed by atoms with Gasteiger partial charge in [0.2, 0.25) is 5.91 Å². The molecule has 0 bridgehead atoms. The van der Waals surface area contributed by atoms with Gasteiger partial charge in [-0.15, -0.1) is 0 Å². The summed E-state index contributed by atoms with van der Waals surface area (Å²) in [6.07, 6.45) is -0.146. The summed E-state index contributed by atoms with van der Waals surface area (Å²) in [6.45, 7) is 5.05. The summed E-state index contributed by atoms with van der Waals surface area (Å²) in [7, 11) is 0. The number of nitrogens with zero attached hydrogens (tertiary/aromatic N) is 1. The first-order valence-corrected chi connectivity index (χ1v) is 7.20. The number of benzene rings is 1. The number of halogens is 1. The van der Waals surface area contributed by atoms with E-state index < -0.39 is 5.97 Å². The van der Waals surface area contributed by atoms with E-state index in [4.69, 9.17) is 16.7 Å². The normalized spacial score (nSPS) is 10.4. The molecule has 7 heteroatoms. The van der Waals surface area contributed by atoms with Crippen LogP contribution in [0.2, 0.25) is 5.02 Å². The maximum atomic E-state index is 12.6. The van der Waals surface area contributed by atoms with E-state index in [0.29, 0.717) is 5.69 Å². The number of aliphatic carboxylic acids is 1. The minimum Gasteiger partial charge on any atom is -0.481 e. The molecule has 1 rings (SSSR count). The number of carboxylic acids is 1. The summed E-state index contributed by atoms with van der Waals surface area (Å²) in [5.41, 5.74) is 0.689. The van der Waals surface area contributed by atoms with Crippen molar-refractivity contribution in [2.24, 2.45) is 0 Å². The minimum atomic E-state index is -0.975. The molecule has 1 aromatic rings. The van der Waals surface area contributed by atoms with Crippen molar-refractivity contribution in [1.29, 1.82) is 0 Å². The highest BCUT2D eigenvalue weighted by Crippen LogP contribution is 2.23. The predicted octanol–water partition coefficient (Wildman–Crippen LogP) is 2.62. The number of carbonyl (C=O) groups is 3. The molecule has 22 heavy (non-hydrogen) atoms. The van der Waals surface area contributed by atoms with Crippen LogP contribution < -0.4 is 5.32 Å². The van der Waals surface area contributed by atoms with Crippen molar-refractivity contribution >= 4 is 35.1 Å².